The van der Waals surface area contributed by atoms with Gasteiger partial charge in [-0.15, -0.1) is 11.3 Å². The number of aryl methyl sites for hydroxylation is 1. The normalized spacial score (nSPS) is 12.4. The van der Waals surface area contributed by atoms with E-state index in [2.05, 4.69) is 58.7 Å². The summed E-state index contributed by atoms with van der Waals surface area (Å²) in [5.74, 6) is 0.938. The van der Waals surface area contributed by atoms with E-state index < -0.39 is 0 Å². The average Bonchev–Trinajstić information content (AvgIpc) is 2.81. The molecule has 102 valence electrons. The molecule has 0 saturated carbocycles. The van der Waals surface area contributed by atoms with Gasteiger partial charge in [0.05, 0.1) is 0 Å². The molecular formula is C15H18BrNOS. The van der Waals surface area contributed by atoms with Crippen LogP contribution in [0.5, 0.6) is 5.75 Å². The van der Waals surface area contributed by atoms with Gasteiger partial charge in [0.15, 0.2) is 0 Å². The number of thiophene rings is 1. The molecule has 0 aliphatic heterocycles. The summed E-state index contributed by atoms with van der Waals surface area (Å²) in [6.07, 6.45) is 0. The van der Waals surface area contributed by atoms with Crippen LogP contribution in [0.25, 0.3) is 0 Å². The molecule has 0 saturated heterocycles. The topological polar surface area (TPSA) is 21.3 Å². The molecule has 0 spiro atoms. The van der Waals surface area contributed by atoms with E-state index in [1.165, 1.54) is 10.4 Å². The van der Waals surface area contributed by atoms with E-state index in [1.54, 1.807) is 11.3 Å². The Kier molecular flexibility index (Phi) is 5.43. The van der Waals surface area contributed by atoms with Gasteiger partial charge in [0.1, 0.15) is 12.4 Å². The first-order valence-electron chi connectivity index (χ1n) is 6.32. The molecular weight excluding hydrogens is 322 g/mol. The largest absolute Gasteiger partial charge is 0.492 e. The van der Waals surface area contributed by atoms with Crippen LogP contribution in [-0.4, -0.2) is 13.2 Å². The summed E-state index contributed by atoms with van der Waals surface area (Å²) < 4.78 is 6.86. The summed E-state index contributed by atoms with van der Waals surface area (Å²) in [6, 6.07) is 10.7. The van der Waals surface area contributed by atoms with Crippen molar-refractivity contribution in [2.45, 2.75) is 19.9 Å². The Bertz CT molecular complexity index is 526. The van der Waals surface area contributed by atoms with Crippen LogP contribution in [0.2, 0.25) is 0 Å². The highest BCUT2D eigenvalue weighted by molar-refractivity contribution is 9.10. The van der Waals surface area contributed by atoms with Crippen molar-refractivity contribution in [3.63, 3.8) is 0 Å². The zero-order valence-electron chi connectivity index (χ0n) is 11.2. The van der Waals surface area contributed by atoms with E-state index in [-0.39, 0.29) is 0 Å². The fourth-order valence-corrected chi connectivity index (χ4v) is 3.28. The van der Waals surface area contributed by atoms with E-state index in [9.17, 15) is 0 Å². The molecule has 1 unspecified atom stereocenters. The Balaban J connectivity index is 1.72. The number of rotatable bonds is 6. The van der Waals surface area contributed by atoms with Gasteiger partial charge in [-0.2, -0.15) is 0 Å². The molecule has 0 bridgehead atoms. The molecule has 1 aromatic heterocycles. The number of hydrogen-bond donors (Lipinski definition) is 1. The van der Waals surface area contributed by atoms with Gasteiger partial charge >= 0.3 is 0 Å². The minimum atomic E-state index is 0.359. The van der Waals surface area contributed by atoms with Crippen molar-refractivity contribution >= 4 is 27.3 Å². The van der Waals surface area contributed by atoms with Gasteiger partial charge in [0.25, 0.3) is 0 Å². The second-order valence-electron chi connectivity index (χ2n) is 4.51. The maximum Gasteiger partial charge on any atom is 0.119 e. The summed E-state index contributed by atoms with van der Waals surface area (Å²) in [4.78, 5) is 1.34. The van der Waals surface area contributed by atoms with Crippen LogP contribution in [0.3, 0.4) is 0 Å². The van der Waals surface area contributed by atoms with Gasteiger partial charge < -0.3 is 10.1 Å². The smallest absolute Gasteiger partial charge is 0.119 e. The van der Waals surface area contributed by atoms with Gasteiger partial charge in [0, 0.05) is 27.3 Å². The van der Waals surface area contributed by atoms with Crippen LogP contribution >= 0.6 is 27.3 Å². The maximum absolute atomic E-state index is 5.71. The molecule has 4 heteroatoms. The number of nitrogens with one attached hydrogen (secondary N) is 1. The Labute approximate surface area is 126 Å². The summed E-state index contributed by atoms with van der Waals surface area (Å²) in [5, 5.41) is 5.57. The standard InChI is InChI=1S/C15H18BrNOS/c1-11-4-3-5-14(8-11)18-7-6-17-12(2)15-9-13(16)10-19-15/h3-5,8-10,12,17H,6-7H2,1-2H3. The first-order valence-corrected chi connectivity index (χ1v) is 7.99. The highest BCUT2D eigenvalue weighted by Crippen LogP contribution is 2.25. The molecule has 0 aliphatic carbocycles. The van der Waals surface area contributed by atoms with E-state index in [4.69, 9.17) is 4.74 Å². The van der Waals surface area contributed by atoms with E-state index in [0.29, 0.717) is 12.6 Å². The SMILES string of the molecule is Cc1cccc(OCCNC(C)c2cc(Br)cs2)c1. The zero-order valence-corrected chi connectivity index (χ0v) is 13.6. The number of ether oxygens (including phenoxy) is 1. The Morgan fingerprint density at radius 1 is 1.37 bits per heavy atom. The van der Waals surface area contributed by atoms with Gasteiger partial charge in [-0.05, 0) is 53.5 Å². The second kappa shape index (κ2) is 7.08. The minimum absolute atomic E-state index is 0.359. The van der Waals surface area contributed by atoms with Crippen LogP contribution in [0.1, 0.15) is 23.4 Å². The summed E-state index contributed by atoms with van der Waals surface area (Å²) >= 11 is 5.24. The molecule has 1 atom stereocenters. The van der Waals surface area contributed by atoms with Crippen LogP contribution in [-0.2, 0) is 0 Å². The predicted molar refractivity (Wildman–Crippen MR) is 85.1 cm³/mol. The van der Waals surface area contributed by atoms with Crippen LogP contribution in [0, 0.1) is 6.92 Å². The molecule has 0 fully saturated rings. The maximum atomic E-state index is 5.71. The first kappa shape index (κ1) is 14.6. The summed E-state index contributed by atoms with van der Waals surface area (Å²) in [7, 11) is 0. The van der Waals surface area contributed by atoms with Crippen molar-refractivity contribution < 1.29 is 4.74 Å². The third-order valence-electron chi connectivity index (χ3n) is 2.83. The molecule has 19 heavy (non-hydrogen) atoms. The van der Waals surface area contributed by atoms with Gasteiger partial charge in [-0.25, -0.2) is 0 Å². The third-order valence-corrected chi connectivity index (χ3v) is 4.70. The molecule has 0 radical (unpaired) electrons. The monoisotopic (exact) mass is 339 g/mol. The Hall–Kier alpha value is -0.840. The van der Waals surface area contributed by atoms with Crippen LogP contribution < -0.4 is 10.1 Å². The molecule has 1 aromatic carbocycles. The summed E-state index contributed by atoms with van der Waals surface area (Å²) in [5.41, 5.74) is 1.22. The van der Waals surface area contributed by atoms with Crippen molar-refractivity contribution in [3.8, 4) is 5.75 Å². The zero-order chi connectivity index (χ0) is 13.7. The van der Waals surface area contributed by atoms with E-state index in [0.717, 1.165) is 16.8 Å². The van der Waals surface area contributed by atoms with Crippen LogP contribution in [0.15, 0.2) is 40.2 Å². The Morgan fingerprint density at radius 3 is 2.89 bits per heavy atom. The van der Waals surface area contributed by atoms with Crippen molar-refractivity contribution in [1.29, 1.82) is 0 Å². The quantitative estimate of drug-likeness (QED) is 0.779. The van der Waals surface area contributed by atoms with Gasteiger partial charge in [-0.1, -0.05) is 12.1 Å². The highest BCUT2D eigenvalue weighted by atomic mass is 79.9. The lowest BCUT2D eigenvalue weighted by Gasteiger charge is -2.12. The molecule has 2 rings (SSSR count). The highest BCUT2D eigenvalue weighted by Gasteiger charge is 2.06. The lowest BCUT2D eigenvalue weighted by atomic mass is 10.2. The molecule has 0 amide bonds. The molecule has 1 N–H and O–H groups in total. The van der Waals surface area contributed by atoms with Crippen molar-refractivity contribution in [2.24, 2.45) is 0 Å². The minimum Gasteiger partial charge on any atom is -0.492 e. The molecule has 1 heterocycles. The van der Waals surface area contributed by atoms with E-state index >= 15 is 0 Å². The van der Waals surface area contributed by atoms with E-state index in [1.807, 2.05) is 12.1 Å². The predicted octanol–water partition coefficient (Wildman–Crippen LogP) is 4.55. The number of halogens is 1. The fraction of sp³-hybridized carbons (Fsp3) is 0.333. The second-order valence-corrected chi connectivity index (χ2v) is 6.37. The van der Waals surface area contributed by atoms with Crippen molar-refractivity contribution in [2.75, 3.05) is 13.2 Å². The molecule has 2 aromatic rings. The average molecular weight is 340 g/mol. The Morgan fingerprint density at radius 2 is 2.21 bits per heavy atom. The van der Waals surface area contributed by atoms with Gasteiger partial charge in [0.2, 0.25) is 0 Å². The fourth-order valence-electron chi connectivity index (χ4n) is 1.81. The van der Waals surface area contributed by atoms with Gasteiger partial charge in [-0.3, -0.25) is 0 Å². The lowest BCUT2D eigenvalue weighted by Crippen LogP contribution is -2.23. The third kappa shape index (κ3) is 4.64. The van der Waals surface area contributed by atoms with Crippen molar-refractivity contribution in [1.82, 2.24) is 5.32 Å². The lowest BCUT2D eigenvalue weighted by molar-refractivity contribution is 0.308. The number of benzene rings is 1. The first-order chi connectivity index (χ1) is 9.15. The molecule has 0 aliphatic rings. The number of hydrogen-bond acceptors (Lipinski definition) is 3. The van der Waals surface area contributed by atoms with Crippen molar-refractivity contribution in [3.05, 3.63) is 50.6 Å². The van der Waals surface area contributed by atoms with Crippen LogP contribution in [0.4, 0.5) is 0 Å². The molecule has 2 nitrogen and oxygen atoms in total. The summed E-state index contributed by atoms with van der Waals surface area (Å²) in [6.45, 7) is 5.76.